The molecule has 2 unspecified atom stereocenters. The predicted octanol–water partition coefficient (Wildman–Crippen LogP) is -1.83. The summed E-state index contributed by atoms with van der Waals surface area (Å²) in [5.41, 5.74) is 0. The van der Waals surface area contributed by atoms with Crippen LogP contribution in [0.2, 0.25) is 0 Å². The Morgan fingerprint density at radius 1 is 0.958 bits per heavy atom. The van der Waals surface area contributed by atoms with Gasteiger partial charge in [0.05, 0.1) is 6.61 Å². The molecule has 0 amide bonds. The summed E-state index contributed by atoms with van der Waals surface area (Å²) >= 11 is 0. The van der Waals surface area contributed by atoms with Gasteiger partial charge in [-0.1, -0.05) is 5.04 Å². The predicted molar refractivity (Wildman–Crippen MR) is 69.0 cm³/mol. The van der Waals surface area contributed by atoms with Gasteiger partial charge in [0.2, 0.25) is 0 Å². The second-order valence-corrected chi connectivity index (χ2v) is 6.45. The lowest BCUT2D eigenvalue weighted by molar-refractivity contribution is -0.525. The first-order valence-corrected chi connectivity index (χ1v) is 8.71. The molecule has 0 aliphatic carbocycles. The Morgan fingerprint density at radius 3 is 2.00 bits per heavy atom. The second-order valence-electron chi connectivity index (χ2n) is 4.32. The van der Waals surface area contributed by atoms with E-state index in [4.69, 9.17) is 28.6 Å². The molecule has 0 radical (unpaired) electrons. The molecule has 1 aliphatic heterocycles. The maximum atomic E-state index is 10.9. The van der Waals surface area contributed by atoms with Gasteiger partial charge < -0.3 is 14.2 Å². The minimum Gasteiger partial charge on any atom is -0.376 e. The van der Waals surface area contributed by atoms with Gasteiger partial charge in [-0.3, -0.25) is 9.11 Å². The maximum Gasteiger partial charge on any atom is 0.397 e. The lowest BCUT2D eigenvalue weighted by Crippen LogP contribution is -2.61. The minimum atomic E-state index is -4.97. The van der Waals surface area contributed by atoms with Crippen LogP contribution in [-0.2, 0) is 53.3 Å². The number of ether oxygens (including phenoxy) is 3. The van der Waals surface area contributed by atoms with Crippen molar-refractivity contribution < 1.29 is 63.7 Å². The van der Waals surface area contributed by atoms with E-state index in [-0.39, 0.29) is 0 Å². The van der Waals surface area contributed by atoms with Crippen LogP contribution in [0, 0.1) is 0 Å². The second kappa shape index (κ2) is 8.74. The SMILES string of the molecule is CO[C@H]1OC(COS(=O)(=O)O)[C@@H](OOO)[C@H](OC)C1OS(=O)(=O)O. The fraction of sp³-hybridized carbons (Fsp3) is 1.00. The molecule has 144 valence electrons. The molecule has 0 aromatic heterocycles. The van der Waals surface area contributed by atoms with Crippen molar-refractivity contribution in [2.24, 2.45) is 0 Å². The number of hydrogen-bond donors (Lipinski definition) is 3. The number of rotatable bonds is 9. The molecule has 1 aliphatic rings. The van der Waals surface area contributed by atoms with Crippen LogP contribution in [0.15, 0.2) is 0 Å². The van der Waals surface area contributed by atoms with Crippen LogP contribution in [-0.4, -0.2) is 82.7 Å². The molecular weight excluding hydrogens is 384 g/mol. The van der Waals surface area contributed by atoms with Crippen LogP contribution in [0.5, 0.6) is 0 Å². The van der Waals surface area contributed by atoms with E-state index < -0.39 is 58.1 Å². The average Bonchev–Trinajstić information content (AvgIpc) is 2.44. The van der Waals surface area contributed by atoms with Crippen molar-refractivity contribution >= 4 is 20.8 Å². The normalized spacial score (nSPS) is 32.0. The molecule has 1 fully saturated rings. The van der Waals surface area contributed by atoms with Crippen molar-refractivity contribution in [3.8, 4) is 0 Å². The van der Waals surface area contributed by atoms with Crippen LogP contribution in [0.4, 0.5) is 0 Å². The zero-order valence-electron chi connectivity index (χ0n) is 12.2. The van der Waals surface area contributed by atoms with Gasteiger partial charge in [-0.25, -0.2) is 13.6 Å². The highest BCUT2D eigenvalue weighted by atomic mass is 32.3. The molecule has 1 heterocycles. The number of hydrogen-bond acceptors (Lipinski definition) is 12. The smallest absolute Gasteiger partial charge is 0.376 e. The van der Waals surface area contributed by atoms with E-state index in [1.54, 1.807) is 0 Å². The third-order valence-corrected chi connectivity index (χ3v) is 3.76. The van der Waals surface area contributed by atoms with E-state index in [9.17, 15) is 16.8 Å². The first-order chi connectivity index (χ1) is 11.0. The van der Waals surface area contributed by atoms with Gasteiger partial charge in [0.25, 0.3) is 0 Å². The van der Waals surface area contributed by atoms with Crippen molar-refractivity contribution in [3.63, 3.8) is 0 Å². The topological polar surface area (TPSA) is 194 Å². The van der Waals surface area contributed by atoms with Gasteiger partial charge in [-0.2, -0.15) is 21.7 Å². The molecule has 16 heteroatoms. The van der Waals surface area contributed by atoms with Gasteiger partial charge in [-0.15, -0.1) is 0 Å². The minimum absolute atomic E-state index is 0.842. The first kappa shape index (κ1) is 21.5. The molecular formula is C8H16O14S2. The Labute approximate surface area is 136 Å². The van der Waals surface area contributed by atoms with Crippen molar-refractivity contribution in [2.45, 2.75) is 30.7 Å². The molecule has 1 rings (SSSR count). The highest BCUT2D eigenvalue weighted by molar-refractivity contribution is 7.81. The Kier molecular flexibility index (Phi) is 7.84. The zero-order valence-corrected chi connectivity index (χ0v) is 13.9. The van der Waals surface area contributed by atoms with Crippen molar-refractivity contribution in [1.29, 1.82) is 0 Å². The first-order valence-electron chi connectivity index (χ1n) is 5.98. The van der Waals surface area contributed by atoms with Gasteiger partial charge >= 0.3 is 20.8 Å². The van der Waals surface area contributed by atoms with Gasteiger partial charge in [0.15, 0.2) is 18.5 Å². The largest absolute Gasteiger partial charge is 0.397 e. The van der Waals surface area contributed by atoms with E-state index >= 15 is 0 Å². The average molecular weight is 400 g/mol. The molecule has 0 saturated carbocycles. The Hall–Kier alpha value is -0.500. The summed E-state index contributed by atoms with van der Waals surface area (Å²) in [4.78, 5) is 4.44. The summed E-state index contributed by atoms with van der Waals surface area (Å²) in [5, 5.41) is 11.9. The third-order valence-electron chi connectivity index (χ3n) is 2.86. The van der Waals surface area contributed by atoms with E-state index in [0.29, 0.717) is 0 Å². The van der Waals surface area contributed by atoms with Crippen LogP contribution in [0.3, 0.4) is 0 Å². The van der Waals surface area contributed by atoms with E-state index in [2.05, 4.69) is 18.3 Å². The van der Waals surface area contributed by atoms with Crippen molar-refractivity contribution in [1.82, 2.24) is 0 Å². The van der Waals surface area contributed by atoms with Crippen LogP contribution >= 0.6 is 0 Å². The van der Waals surface area contributed by atoms with Crippen LogP contribution < -0.4 is 0 Å². The van der Waals surface area contributed by atoms with Gasteiger partial charge in [0, 0.05) is 14.2 Å². The van der Waals surface area contributed by atoms with E-state index in [1.807, 2.05) is 0 Å². The van der Waals surface area contributed by atoms with Crippen LogP contribution in [0.1, 0.15) is 0 Å². The summed E-state index contributed by atoms with van der Waals surface area (Å²) < 4.78 is 84.1. The maximum absolute atomic E-state index is 10.9. The fourth-order valence-electron chi connectivity index (χ4n) is 2.03. The van der Waals surface area contributed by atoms with Gasteiger partial charge in [0.1, 0.15) is 12.2 Å². The standard InChI is InChI=1S/C8H16O14S2/c1-16-6-5(20-22-9)4(3-18-23(10,11)12)19-8(17-2)7(6)21-24(13,14)15/h4-9H,3H2,1-2H3,(H,10,11,12)(H,13,14,15)/t4?,5-,6+,7?,8+/m1/s1. The molecule has 0 aromatic rings. The Bertz CT molecular complexity index is 586. The van der Waals surface area contributed by atoms with Gasteiger partial charge in [-0.05, 0) is 0 Å². The molecule has 1 saturated heterocycles. The Morgan fingerprint density at radius 2 is 1.58 bits per heavy atom. The van der Waals surface area contributed by atoms with Crippen molar-refractivity contribution in [3.05, 3.63) is 0 Å². The third kappa shape index (κ3) is 6.43. The molecule has 0 aromatic carbocycles. The van der Waals surface area contributed by atoms with Crippen LogP contribution in [0.25, 0.3) is 0 Å². The molecule has 24 heavy (non-hydrogen) atoms. The lowest BCUT2D eigenvalue weighted by atomic mass is 9.99. The molecule has 0 bridgehead atoms. The number of methoxy groups -OCH3 is 2. The fourth-order valence-corrected chi connectivity index (χ4v) is 2.82. The summed E-state index contributed by atoms with van der Waals surface area (Å²) in [6.45, 7) is -0.842. The zero-order chi connectivity index (χ0) is 18.5. The summed E-state index contributed by atoms with van der Waals surface area (Å²) in [6.07, 6.45) is -7.44. The molecule has 14 nitrogen and oxygen atoms in total. The highest BCUT2D eigenvalue weighted by Crippen LogP contribution is 2.29. The molecule has 0 spiro atoms. The van der Waals surface area contributed by atoms with Crippen molar-refractivity contribution in [2.75, 3.05) is 20.8 Å². The summed E-state index contributed by atoms with van der Waals surface area (Å²) in [6, 6.07) is 0. The highest BCUT2D eigenvalue weighted by Gasteiger charge is 2.51. The van der Waals surface area contributed by atoms with E-state index in [1.165, 1.54) is 0 Å². The summed E-state index contributed by atoms with van der Waals surface area (Å²) in [7, 11) is -7.64. The Balaban J connectivity index is 3.08. The molecule has 3 N–H and O–H groups in total. The quantitative estimate of drug-likeness (QED) is 0.222. The monoisotopic (exact) mass is 400 g/mol. The summed E-state index contributed by atoms with van der Waals surface area (Å²) in [5.74, 6) is 0. The van der Waals surface area contributed by atoms with E-state index in [0.717, 1.165) is 14.2 Å². The molecule has 5 atom stereocenters. The lowest BCUT2D eigenvalue weighted by Gasteiger charge is -2.42.